The lowest BCUT2D eigenvalue weighted by atomic mass is 10.1. The molecule has 19 heavy (non-hydrogen) atoms. The summed E-state index contributed by atoms with van der Waals surface area (Å²) >= 11 is 0. The van der Waals surface area contributed by atoms with Crippen LogP contribution in [0.3, 0.4) is 0 Å². The Morgan fingerprint density at radius 3 is 2.42 bits per heavy atom. The molecule has 0 fully saturated rings. The quantitative estimate of drug-likeness (QED) is 0.781. The Labute approximate surface area is 111 Å². The third kappa shape index (κ3) is 3.19. The largest absolute Gasteiger partial charge is 0.392 e. The molecule has 4 heteroatoms. The van der Waals surface area contributed by atoms with Crippen molar-refractivity contribution in [2.45, 2.75) is 12.6 Å². The smallest absolute Gasteiger partial charge is 0.245 e. The number of carbonyl (C=O) groups is 1. The number of para-hydroxylation sites is 1. The minimum absolute atomic E-state index is 0.128. The van der Waals surface area contributed by atoms with E-state index >= 15 is 0 Å². The van der Waals surface area contributed by atoms with Gasteiger partial charge in [0.05, 0.1) is 6.61 Å². The molecular weight excluding hydrogens is 240 g/mol. The number of aliphatic hydroxyl groups is 1. The highest BCUT2D eigenvalue weighted by molar-refractivity contribution is 5.95. The van der Waals surface area contributed by atoms with E-state index in [4.69, 9.17) is 5.73 Å². The minimum atomic E-state index is -0.729. The van der Waals surface area contributed by atoms with Crippen molar-refractivity contribution in [2.75, 3.05) is 5.32 Å². The van der Waals surface area contributed by atoms with Crippen molar-refractivity contribution in [3.63, 3.8) is 0 Å². The molecule has 4 nitrogen and oxygen atoms in total. The number of hydrogen-bond acceptors (Lipinski definition) is 3. The standard InChI is InChI=1S/C15H16N2O2/c16-14(11-6-2-1-3-7-11)15(19)17-13-9-5-4-8-12(13)10-18/h1-9,14,18H,10,16H2,(H,17,19). The molecule has 0 aliphatic carbocycles. The lowest BCUT2D eigenvalue weighted by molar-refractivity contribution is -0.117. The maximum absolute atomic E-state index is 12.1. The summed E-state index contributed by atoms with van der Waals surface area (Å²) in [4.78, 5) is 12.1. The molecule has 2 rings (SSSR count). The van der Waals surface area contributed by atoms with Gasteiger partial charge in [-0.05, 0) is 11.6 Å². The van der Waals surface area contributed by atoms with Crippen LogP contribution in [0.2, 0.25) is 0 Å². The molecule has 0 aromatic heterocycles. The summed E-state index contributed by atoms with van der Waals surface area (Å²) in [6, 6.07) is 15.5. The Kier molecular flexibility index (Phi) is 4.28. The molecule has 1 unspecified atom stereocenters. The number of hydrogen-bond donors (Lipinski definition) is 3. The normalized spacial score (nSPS) is 11.9. The van der Waals surface area contributed by atoms with Gasteiger partial charge in [-0.15, -0.1) is 0 Å². The fourth-order valence-electron chi connectivity index (χ4n) is 1.80. The second-order valence-electron chi connectivity index (χ2n) is 4.19. The molecule has 0 spiro atoms. The first-order valence-electron chi connectivity index (χ1n) is 6.02. The molecule has 0 radical (unpaired) electrons. The van der Waals surface area contributed by atoms with Gasteiger partial charge in [0.15, 0.2) is 0 Å². The molecule has 4 N–H and O–H groups in total. The van der Waals surface area contributed by atoms with Gasteiger partial charge in [-0.3, -0.25) is 4.79 Å². The maximum Gasteiger partial charge on any atom is 0.245 e. The van der Waals surface area contributed by atoms with Crippen LogP contribution < -0.4 is 11.1 Å². The Balaban J connectivity index is 2.13. The first-order valence-corrected chi connectivity index (χ1v) is 6.02. The van der Waals surface area contributed by atoms with E-state index in [1.807, 2.05) is 30.3 Å². The van der Waals surface area contributed by atoms with E-state index in [1.54, 1.807) is 24.3 Å². The van der Waals surface area contributed by atoms with E-state index in [2.05, 4.69) is 5.32 Å². The van der Waals surface area contributed by atoms with E-state index in [0.29, 0.717) is 11.3 Å². The number of nitrogens with two attached hydrogens (primary N) is 1. The summed E-state index contributed by atoms with van der Waals surface area (Å²) in [5.41, 5.74) is 7.90. The lowest BCUT2D eigenvalue weighted by Gasteiger charge is -2.14. The molecule has 0 saturated heterocycles. The van der Waals surface area contributed by atoms with Gasteiger partial charge < -0.3 is 16.2 Å². The summed E-state index contributed by atoms with van der Waals surface area (Å²) in [7, 11) is 0. The van der Waals surface area contributed by atoms with E-state index in [1.165, 1.54) is 0 Å². The fourth-order valence-corrected chi connectivity index (χ4v) is 1.80. The molecule has 2 aromatic carbocycles. The van der Waals surface area contributed by atoms with Crippen LogP contribution in [0.5, 0.6) is 0 Å². The molecule has 0 heterocycles. The summed E-state index contributed by atoms with van der Waals surface area (Å²) in [5, 5.41) is 11.9. The number of nitrogens with one attached hydrogen (secondary N) is 1. The minimum Gasteiger partial charge on any atom is -0.392 e. The molecule has 0 bridgehead atoms. The fraction of sp³-hybridized carbons (Fsp3) is 0.133. The zero-order valence-corrected chi connectivity index (χ0v) is 10.4. The van der Waals surface area contributed by atoms with Crippen LogP contribution in [0.1, 0.15) is 17.2 Å². The van der Waals surface area contributed by atoms with Crippen molar-refractivity contribution in [3.8, 4) is 0 Å². The molecule has 2 aromatic rings. The van der Waals surface area contributed by atoms with Gasteiger partial charge in [-0.2, -0.15) is 0 Å². The van der Waals surface area contributed by atoms with Crippen LogP contribution in [0.25, 0.3) is 0 Å². The van der Waals surface area contributed by atoms with Gasteiger partial charge in [0.2, 0.25) is 5.91 Å². The highest BCUT2D eigenvalue weighted by atomic mass is 16.3. The number of aliphatic hydroxyl groups excluding tert-OH is 1. The lowest BCUT2D eigenvalue weighted by Crippen LogP contribution is -2.28. The van der Waals surface area contributed by atoms with Crippen molar-refractivity contribution < 1.29 is 9.90 Å². The van der Waals surface area contributed by atoms with E-state index in [0.717, 1.165) is 5.56 Å². The van der Waals surface area contributed by atoms with E-state index in [-0.39, 0.29) is 12.5 Å². The van der Waals surface area contributed by atoms with Gasteiger partial charge >= 0.3 is 0 Å². The molecule has 1 atom stereocenters. The molecule has 0 aliphatic heterocycles. The SMILES string of the molecule is NC(C(=O)Nc1ccccc1CO)c1ccccc1. The third-order valence-corrected chi connectivity index (χ3v) is 2.89. The molecule has 98 valence electrons. The first kappa shape index (κ1) is 13.3. The average molecular weight is 256 g/mol. The van der Waals surface area contributed by atoms with Crippen molar-refractivity contribution in [3.05, 3.63) is 65.7 Å². The maximum atomic E-state index is 12.1. The second kappa shape index (κ2) is 6.13. The van der Waals surface area contributed by atoms with Crippen LogP contribution in [0.4, 0.5) is 5.69 Å². The Morgan fingerprint density at radius 1 is 1.11 bits per heavy atom. The molecule has 0 aliphatic rings. The Morgan fingerprint density at radius 2 is 1.74 bits per heavy atom. The summed E-state index contributed by atoms with van der Waals surface area (Å²) in [6.07, 6.45) is 0. The summed E-state index contributed by atoms with van der Waals surface area (Å²) in [5.74, 6) is -0.299. The topological polar surface area (TPSA) is 75.4 Å². The number of rotatable bonds is 4. The highest BCUT2D eigenvalue weighted by Gasteiger charge is 2.16. The van der Waals surface area contributed by atoms with Crippen LogP contribution >= 0.6 is 0 Å². The predicted octanol–water partition coefficient (Wildman–Crippen LogP) is 1.82. The van der Waals surface area contributed by atoms with Gasteiger partial charge in [0.25, 0.3) is 0 Å². The van der Waals surface area contributed by atoms with Gasteiger partial charge in [-0.1, -0.05) is 48.5 Å². The summed E-state index contributed by atoms with van der Waals surface area (Å²) in [6.45, 7) is -0.128. The Bertz CT molecular complexity index is 555. The van der Waals surface area contributed by atoms with Crippen molar-refractivity contribution in [2.24, 2.45) is 5.73 Å². The molecular formula is C15H16N2O2. The van der Waals surface area contributed by atoms with Crippen LogP contribution in [0.15, 0.2) is 54.6 Å². The van der Waals surface area contributed by atoms with Crippen LogP contribution in [0, 0.1) is 0 Å². The predicted molar refractivity (Wildman–Crippen MR) is 74.4 cm³/mol. The number of anilines is 1. The van der Waals surface area contributed by atoms with Gasteiger partial charge in [0.1, 0.15) is 6.04 Å². The average Bonchev–Trinajstić information content (AvgIpc) is 2.48. The first-order chi connectivity index (χ1) is 9.22. The third-order valence-electron chi connectivity index (χ3n) is 2.89. The van der Waals surface area contributed by atoms with E-state index in [9.17, 15) is 9.90 Å². The molecule has 0 saturated carbocycles. The van der Waals surface area contributed by atoms with E-state index < -0.39 is 6.04 Å². The van der Waals surface area contributed by atoms with Gasteiger partial charge in [-0.25, -0.2) is 0 Å². The van der Waals surface area contributed by atoms with Crippen molar-refractivity contribution in [1.82, 2.24) is 0 Å². The number of carbonyl (C=O) groups excluding carboxylic acids is 1. The zero-order valence-electron chi connectivity index (χ0n) is 10.4. The van der Waals surface area contributed by atoms with Gasteiger partial charge in [0, 0.05) is 11.3 Å². The second-order valence-corrected chi connectivity index (χ2v) is 4.19. The van der Waals surface area contributed by atoms with Crippen LogP contribution in [-0.4, -0.2) is 11.0 Å². The number of amides is 1. The monoisotopic (exact) mass is 256 g/mol. The van der Waals surface area contributed by atoms with Crippen LogP contribution in [-0.2, 0) is 11.4 Å². The Hall–Kier alpha value is -2.17. The summed E-state index contributed by atoms with van der Waals surface area (Å²) < 4.78 is 0. The van der Waals surface area contributed by atoms with Crippen molar-refractivity contribution in [1.29, 1.82) is 0 Å². The number of benzene rings is 2. The zero-order chi connectivity index (χ0) is 13.7. The highest BCUT2D eigenvalue weighted by Crippen LogP contribution is 2.17. The molecule has 1 amide bonds. The van der Waals surface area contributed by atoms with Crippen molar-refractivity contribution >= 4 is 11.6 Å².